The highest BCUT2D eigenvalue weighted by molar-refractivity contribution is 7.91. The minimum atomic E-state index is -3.37. The molecule has 1 N–H and O–H groups in total. The quantitative estimate of drug-likeness (QED) is 0.895. The molecule has 0 aromatic carbocycles. The van der Waals surface area contributed by atoms with E-state index < -0.39 is 10.0 Å². The summed E-state index contributed by atoms with van der Waals surface area (Å²) in [5.41, 5.74) is 0. The third-order valence-corrected chi connectivity index (χ3v) is 5.58. The zero-order valence-electron chi connectivity index (χ0n) is 9.05. The SMILES string of the molecule is C[C@@H](NS(=O)(=O)c1cccs1)[C@H]1CCCO1. The highest BCUT2D eigenvalue weighted by Gasteiger charge is 2.27. The molecule has 0 unspecified atom stereocenters. The summed E-state index contributed by atoms with van der Waals surface area (Å²) < 4.78 is 32.3. The molecule has 2 rings (SSSR count). The molecule has 0 amide bonds. The predicted octanol–water partition coefficient (Wildman–Crippen LogP) is 1.59. The van der Waals surface area contributed by atoms with E-state index in [1.54, 1.807) is 17.5 Å². The van der Waals surface area contributed by atoms with Crippen molar-refractivity contribution in [2.24, 2.45) is 0 Å². The van der Waals surface area contributed by atoms with E-state index in [4.69, 9.17) is 4.74 Å². The number of ether oxygens (including phenoxy) is 1. The van der Waals surface area contributed by atoms with Gasteiger partial charge in [-0.1, -0.05) is 6.07 Å². The number of thiophene rings is 1. The monoisotopic (exact) mass is 261 g/mol. The Morgan fingerprint density at radius 3 is 3.00 bits per heavy atom. The van der Waals surface area contributed by atoms with E-state index in [0.29, 0.717) is 4.21 Å². The Morgan fingerprint density at radius 2 is 2.44 bits per heavy atom. The molecule has 4 nitrogen and oxygen atoms in total. The summed E-state index contributed by atoms with van der Waals surface area (Å²) >= 11 is 1.22. The Morgan fingerprint density at radius 1 is 1.62 bits per heavy atom. The van der Waals surface area contributed by atoms with Crippen LogP contribution in [0.2, 0.25) is 0 Å². The molecule has 1 aromatic rings. The predicted molar refractivity (Wildman–Crippen MR) is 63.1 cm³/mol. The van der Waals surface area contributed by atoms with Gasteiger partial charge in [0.1, 0.15) is 4.21 Å². The van der Waals surface area contributed by atoms with Gasteiger partial charge in [0.2, 0.25) is 10.0 Å². The lowest BCUT2D eigenvalue weighted by Crippen LogP contribution is -2.40. The molecule has 0 radical (unpaired) electrons. The summed E-state index contributed by atoms with van der Waals surface area (Å²) in [6.45, 7) is 2.58. The van der Waals surface area contributed by atoms with Gasteiger partial charge in [-0.05, 0) is 31.2 Å². The standard InChI is InChI=1S/C10H15NO3S2/c1-8(9-4-2-6-14-9)11-16(12,13)10-5-3-7-15-10/h3,5,7-9,11H,2,4,6H2,1H3/t8-,9-/m1/s1. The molecule has 0 bridgehead atoms. The first-order chi connectivity index (χ1) is 7.59. The van der Waals surface area contributed by atoms with Gasteiger partial charge < -0.3 is 4.74 Å². The van der Waals surface area contributed by atoms with E-state index in [1.807, 2.05) is 6.92 Å². The van der Waals surface area contributed by atoms with Gasteiger partial charge in [-0.25, -0.2) is 13.1 Å². The van der Waals surface area contributed by atoms with Crippen LogP contribution in [0.1, 0.15) is 19.8 Å². The van der Waals surface area contributed by atoms with Crippen LogP contribution in [0.3, 0.4) is 0 Å². The van der Waals surface area contributed by atoms with Gasteiger partial charge in [0.15, 0.2) is 0 Å². The Kier molecular flexibility index (Phi) is 3.63. The van der Waals surface area contributed by atoms with Crippen molar-refractivity contribution >= 4 is 21.4 Å². The smallest absolute Gasteiger partial charge is 0.250 e. The first-order valence-electron chi connectivity index (χ1n) is 5.27. The zero-order chi connectivity index (χ0) is 11.6. The molecular weight excluding hydrogens is 246 g/mol. The van der Waals surface area contributed by atoms with Gasteiger partial charge in [-0.2, -0.15) is 0 Å². The Labute approximate surface area is 99.7 Å². The summed E-state index contributed by atoms with van der Waals surface area (Å²) in [6.07, 6.45) is 1.94. The van der Waals surface area contributed by atoms with E-state index >= 15 is 0 Å². The second kappa shape index (κ2) is 4.83. The van der Waals surface area contributed by atoms with Crippen LogP contribution in [0.5, 0.6) is 0 Å². The topological polar surface area (TPSA) is 55.4 Å². The van der Waals surface area contributed by atoms with Gasteiger partial charge in [0.05, 0.1) is 6.10 Å². The summed E-state index contributed by atoms with van der Waals surface area (Å²) in [7, 11) is -3.37. The second-order valence-electron chi connectivity index (χ2n) is 3.89. The van der Waals surface area contributed by atoms with Crippen LogP contribution in [-0.2, 0) is 14.8 Å². The average Bonchev–Trinajstić information content (AvgIpc) is 2.91. The van der Waals surface area contributed by atoms with Crippen molar-refractivity contribution in [3.8, 4) is 0 Å². The van der Waals surface area contributed by atoms with Gasteiger partial charge in [0, 0.05) is 12.6 Å². The number of hydrogen-bond acceptors (Lipinski definition) is 4. The van der Waals surface area contributed by atoms with Gasteiger partial charge in [0.25, 0.3) is 0 Å². The molecule has 1 saturated heterocycles. The molecule has 0 saturated carbocycles. The average molecular weight is 261 g/mol. The van der Waals surface area contributed by atoms with Crippen LogP contribution in [0.25, 0.3) is 0 Å². The molecule has 2 atom stereocenters. The summed E-state index contributed by atoms with van der Waals surface area (Å²) in [4.78, 5) is 0. The molecule has 1 aliphatic rings. The largest absolute Gasteiger partial charge is 0.377 e. The fourth-order valence-electron chi connectivity index (χ4n) is 1.79. The lowest BCUT2D eigenvalue weighted by molar-refractivity contribution is 0.0902. The molecular formula is C10H15NO3S2. The van der Waals surface area contributed by atoms with E-state index in [1.165, 1.54) is 11.3 Å². The number of rotatable bonds is 4. The fourth-order valence-corrected chi connectivity index (χ4v) is 4.07. The van der Waals surface area contributed by atoms with Crippen molar-refractivity contribution in [1.82, 2.24) is 4.72 Å². The van der Waals surface area contributed by atoms with Crippen LogP contribution in [-0.4, -0.2) is 27.2 Å². The zero-order valence-corrected chi connectivity index (χ0v) is 10.7. The van der Waals surface area contributed by atoms with E-state index in [-0.39, 0.29) is 12.1 Å². The normalized spacial score (nSPS) is 23.4. The van der Waals surface area contributed by atoms with Crippen LogP contribution in [0, 0.1) is 0 Å². The van der Waals surface area contributed by atoms with Gasteiger partial charge in [-0.3, -0.25) is 0 Å². The van der Waals surface area contributed by atoms with Crippen molar-refractivity contribution in [1.29, 1.82) is 0 Å². The van der Waals surface area contributed by atoms with E-state index in [0.717, 1.165) is 19.4 Å². The van der Waals surface area contributed by atoms with Crippen molar-refractivity contribution in [2.75, 3.05) is 6.61 Å². The van der Waals surface area contributed by atoms with Gasteiger partial charge >= 0.3 is 0 Å². The maximum absolute atomic E-state index is 11.9. The summed E-state index contributed by atoms with van der Waals surface area (Å²) in [5, 5.41) is 1.76. The van der Waals surface area contributed by atoms with Crippen LogP contribution >= 0.6 is 11.3 Å². The molecule has 0 aliphatic carbocycles. The van der Waals surface area contributed by atoms with Crippen molar-refractivity contribution in [3.05, 3.63) is 17.5 Å². The maximum Gasteiger partial charge on any atom is 0.250 e. The van der Waals surface area contributed by atoms with Crippen molar-refractivity contribution in [3.63, 3.8) is 0 Å². The molecule has 0 spiro atoms. The molecule has 2 heterocycles. The van der Waals surface area contributed by atoms with E-state index in [9.17, 15) is 8.42 Å². The summed E-state index contributed by atoms with van der Waals surface area (Å²) in [5.74, 6) is 0. The lowest BCUT2D eigenvalue weighted by Gasteiger charge is -2.19. The third-order valence-electron chi connectivity index (χ3n) is 2.62. The third kappa shape index (κ3) is 2.63. The van der Waals surface area contributed by atoms with Crippen LogP contribution in [0.4, 0.5) is 0 Å². The number of sulfonamides is 1. The molecule has 1 aliphatic heterocycles. The van der Waals surface area contributed by atoms with Crippen LogP contribution < -0.4 is 4.72 Å². The highest BCUT2D eigenvalue weighted by atomic mass is 32.2. The maximum atomic E-state index is 11.9. The fraction of sp³-hybridized carbons (Fsp3) is 0.600. The minimum absolute atomic E-state index is 0.00902. The van der Waals surface area contributed by atoms with Crippen molar-refractivity contribution in [2.45, 2.75) is 36.1 Å². The van der Waals surface area contributed by atoms with Crippen LogP contribution in [0.15, 0.2) is 21.7 Å². The van der Waals surface area contributed by atoms with E-state index in [2.05, 4.69) is 4.72 Å². The minimum Gasteiger partial charge on any atom is -0.377 e. The molecule has 90 valence electrons. The molecule has 1 fully saturated rings. The Hall–Kier alpha value is -0.430. The Bertz CT molecular complexity index is 421. The molecule has 1 aromatic heterocycles. The molecule has 16 heavy (non-hydrogen) atoms. The number of nitrogens with one attached hydrogen (secondary N) is 1. The lowest BCUT2D eigenvalue weighted by atomic mass is 10.1. The second-order valence-corrected chi connectivity index (χ2v) is 6.78. The highest BCUT2D eigenvalue weighted by Crippen LogP contribution is 2.19. The van der Waals surface area contributed by atoms with Gasteiger partial charge in [-0.15, -0.1) is 11.3 Å². The van der Waals surface area contributed by atoms with Crippen molar-refractivity contribution < 1.29 is 13.2 Å². The first-order valence-corrected chi connectivity index (χ1v) is 7.63. The molecule has 6 heteroatoms. The summed E-state index contributed by atoms with van der Waals surface area (Å²) in [6, 6.07) is 3.17. The number of hydrogen-bond donors (Lipinski definition) is 1. The Balaban J connectivity index is 2.03. The first kappa shape index (κ1) is 12.0.